The molecule has 0 aliphatic heterocycles. The highest BCUT2D eigenvalue weighted by Crippen LogP contribution is 2.11. The van der Waals surface area contributed by atoms with Gasteiger partial charge in [-0.15, -0.1) is 11.3 Å². The third-order valence-corrected chi connectivity index (χ3v) is 3.12. The summed E-state index contributed by atoms with van der Waals surface area (Å²) in [6.07, 6.45) is 4.29. The van der Waals surface area contributed by atoms with E-state index < -0.39 is 0 Å². The number of rotatable bonds is 5. The molecule has 0 bridgehead atoms. The zero-order valence-corrected chi connectivity index (χ0v) is 9.45. The molecule has 0 spiro atoms. The molecule has 1 atom stereocenters. The smallest absolute Gasteiger partial charge is 0.0896 e. The fourth-order valence-electron chi connectivity index (χ4n) is 1.11. The first kappa shape index (κ1) is 10.7. The Balaban J connectivity index is 2.20. The van der Waals surface area contributed by atoms with Crippen molar-refractivity contribution in [2.24, 2.45) is 0 Å². The molecule has 0 aromatic carbocycles. The fraction of sp³-hybridized carbons (Fsp3) is 0.700. The van der Waals surface area contributed by atoms with Gasteiger partial charge in [0.1, 0.15) is 0 Å². The lowest BCUT2D eigenvalue weighted by Crippen LogP contribution is -2.26. The summed E-state index contributed by atoms with van der Waals surface area (Å²) < 4.78 is 0. The minimum absolute atomic E-state index is 0.633. The van der Waals surface area contributed by atoms with Crippen molar-refractivity contribution in [1.29, 1.82) is 0 Å². The Kier molecular flexibility index (Phi) is 4.39. The van der Waals surface area contributed by atoms with Gasteiger partial charge >= 0.3 is 0 Å². The Morgan fingerprint density at radius 1 is 1.62 bits per heavy atom. The SMILES string of the molecule is CCC(C)NCCc1cnc(C)s1. The van der Waals surface area contributed by atoms with Crippen molar-refractivity contribution in [3.05, 3.63) is 16.1 Å². The van der Waals surface area contributed by atoms with Crippen molar-refractivity contribution < 1.29 is 0 Å². The molecule has 0 saturated carbocycles. The summed E-state index contributed by atoms with van der Waals surface area (Å²) in [6, 6.07) is 0.633. The maximum Gasteiger partial charge on any atom is 0.0896 e. The monoisotopic (exact) mass is 198 g/mol. The van der Waals surface area contributed by atoms with E-state index in [9.17, 15) is 0 Å². The highest BCUT2D eigenvalue weighted by molar-refractivity contribution is 7.11. The summed E-state index contributed by atoms with van der Waals surface area (Å²) >= 11 is 1.80. The van der Waals surface area contributed by atoms with Crippen LogP contribution in [-0.2, 0) is 6.42 Å². The Hall–Kier alpha value is -0.410. The van der Waals surface area contributed by atoms with E-state index in [0.717, 1.165) is 13.0 Å². The molecule has 74 valence electrons. The van der Waals surface area contributed by atoms with Crippen LogP contribution in [0, 0.1) is 6.92 Å². The second kappa shape index (κ2) is 5.35. The summed E-state index contributed by atoms with van der Waals surface area (Å²) in [7, 11) is 0. The molecular weight excluding hydrogens is 180 g/mol. The lowest BCUT2D eigenvalue weighted by molar-refractivity contribution is 0.538. The minimum Gasteiger partial charge on any atom is -0.314 e. The normalized spacial score (nSPS) is 13.2. The Bertz CT molecular complexity index is 245. The van der Waals surface area contributed by atoms with Crippen LogP contribution in [0.1, 0.15) is 30.2 Å². The first-order valence-electron chi connectivity index (χ1n) is 4.87. The number of aryl methyl sites for hydroxylation is 1. The highest BCUT2D eigenvalue weighted by atomic mass is 32.1. The number of nitrogens with one attached hydrogen (secondary N) is 1. The predicted octanol–water partition coefficient (Wildman–Crippen LogP) is 2.38. The largest absolute Gasteiger partial charge is 0.314 e. The van der Waals surface area contributed by atoms with Gasteiger partial charge in [-0.2, -0.15) is 0 Å². The number of nitrogens with zero attached hydrogens (tertiary/aromatic N) is 1. The lowest BCUT2D eigenvalue weighted by atomic mass is 10.2. The predicted molar refractivity (Wildman–Crippen MR) is 58.3 cm³/mol. The second-order valence-electron chi connectivity index (χ2n) is 3.36. The van der Waals surface area contributed by atoms with Crippen LogP contribution in [0.5, 0.6) is 0 Å². The van der Waals surface area contributed by atoms with Crippen molar-refractivity contribution >= 4 is 11.3 Å². The van der Waals surface area contributed by atoms with Gasteiger partial charge in [0.2, 0.25) is 0 Å². The van der Waals surface area contributed by atoms with Crippen LogP contribution in [0.15, 0.2) is 6.20 Å². The van der Waals surface area contributed by atoms with Crippen LogP contribution in [0.3, 0.4) is 0 Å². The van der Waals surface area contributed by atoms with E-state index in [1.54, 1.807) is 11.3 Å². The van der Waals surface area contributed by atoms with Gasteiger partial charge in [0.15, 0.2) is 0 Å². The summed E-state index contributed by atoms with van der Waals surface area (Å²) in [5.41, 5.74) is 0. The van der Waals surface area contributed by atoms with Gasteiger partial charge in [0, 0.05) is 23.7 Å². The molecule has 1 N–H and O–H groups in total. The summed E-state index contributed by atoms with van der Waals surface area (Å²) in [5, 5.41) is 4.63. The zero-order chi connectivity index (χ0) is 9.68. The molecule has 1 aromatic rings. The molecule has 1 aromatic heterocycles. The van der Waals surface area contributed by atoms with Crippen LogP contribution in [0.25, 0.3) is 0 Å². The molecular formula is C10H18N2S. The van der Waals surface area contributed by atoms with Crippen LogP contribution < -0.4 is 5.32 Å². The van der Waals surface area contributed by atoms with E-state index in [4.69, 9.17) is 0 Å². The minimum atomic E-state index is 0.633. The van der Waals surface area contributed by atoms with Crippen LogP contribution >= 0.6 is 11.3 Å². The number of hydrogen-bond acceptors (Lipinski definition) is 3. The molecule has 3 heteroatoms. The molecule has 0 saturated heterocycles. The van der Waals surface area contributed by atoms with Crippen LogP contribution in [0.2, 0.25) is 0 Å². The Morgan fingerprint density at radius 3 is 2.92 bits per heavy atom. The van der Waals surface area contributed by atoms with Gasteiger partial charge in [0.25, 0.3) is 0 Å². The maximum atomic E-state index is 4.23. The van der Waals surface area contributed by atoms with Crippen LogP contribution in [-0.4, -0.2) is 17.6 Å². The third-order valence-electron chi connectivity index (χ3n) is 2.15. The van der Waals surface area contributed by atoms with Crippen molar-refractivity contribution in [2.75, 3.05) is 6.54 Å². The van der Waals surface area contributed by atoms with Crippen molar-refractivity contribution in [3.63, 3.8) is 0 Å². The Morgan fingerprint density at radius 2 is 2.38 bits per heavy atom. The maximum absolute atomic E-state index is 4.23. The molecule has 1 rings (SSSR count). The molecule has 1 unspecified atom stereocenters. The number of thiazole rings is 1. The van der Waals surface area contributed by atoms with Gasteiger partial charge in [-0.05, 0) is 26.7 Å². The molecule has 2 nitrogen and oxygen atoms in total. The van der Waals surface area contributed by atoms with Gasteiger partial charge < -0.3 is 5.32 Å². The molecule has 1 heterocycles. The van der Waals surface area contributed by atoms with E-state index in [1.807, 2.05) is 6.20 Å². The van der Waals surface area contributed by atoms with Gasteiger partial charge in [-0.25, -0.2) is 4.98 Å². The van der Waals surface area contributed by atoms with Crippen molar-refractivity contribution in [2.45, 2.75) is 39.7 Å². The van der Waals surface area contributed by atoms with E-state index in [-0.39, 0.29) is 0 Å². The third kappa shape index (κ3) is 3.87. The Labute approximate surface area is 84.4 Å². The fourth-order valence-corrected chi connectivity index (χ4v) is 1.90. The lowest BCUT2D eigenvalue weighted by Gasteiger charge is -2.09. The second-order valence-corrected chi connectivity index (χ2v) is 4.68. The first-order valence-corrected chi connectivity index (χ1v) is 5.68. The van der Waals surface area contributed by atoms with E-state index >= 15 is 0 Å². The summed E-state index contributed by atoms with van der Waals surface area (Å²) in [6.45, 7) is 7.54. The number of aromatic nitrogens is 1. The van der Waals surface area contributed by atoms with Gasteiger partial charge in [0.05, 0.1) is 5.01 Å². The van der Waals surface area contributed by atoms with E-state index in [2.05, 4.69) is 31.1 Å². The number of hydrogen-bond donors (Lipinski definition) is 1. The molecule has 13 heavy (non-hydrogen) atoms. The molecule has 0 radical (unpaired) electrons. The standard InChI is InChI=1S/C10H18N2S/c1-4-8(2)11-6-5-10-7-12-9(3)13-10/h7-8,11H,4-6H2,1-3H3. The molecule has 0 aliphatic carbocycles. The average Bonchev–Trinajstić information content (AvgIpc) is 2.51. The molecule has 0 aliphatic rings. The quantitative estimate of drug-likeness (QED) is 0.785. The van der Waals surface area contributed by atoms with Gasteiger partial charge in [-0.3, -0.25) is 0 Å². The summed E-state index contributed by atoms with van der Waals surface area (Å²) in [4.78, 5) is 5.61. The van der Waals surface area contributed by atoms with E-state index in [0.29, 0.717) is 6.04 Å². The average molecular weight is 198 g/mol. The van der Waals surface area contributed by atoms with Crippen molar-refractivity contribution in [3.8, 4) is 0 Å². The highest BCUT2D eigenvalue weighted by Gasteiger charge is 1.99. The van der Waals surface area contributed by atoms with E-state index in [1.165, 1.54) is 16.3 Å². The van der Waals surface area contributed by atoms with Gasteiger partial charge in [-0.1, -0.05) is 6.92 Å². The zero-order valence-electron chi connectivity index (χ0n) is 8.63. The van der Waals surface area contributed by atoms with Crippen molar-refractivity contribution in [1.82, 2.24) is 10.3 Å². The topological polar surface area (TPSA) is 24.9 Å². The first-order chi connectivity index (χ1) is 6.22. The molecule has 0 fully saturated rings. The summed E-state index contributed by atoms with van der Waals surface area (Å²) in [5.74, 6) is 0. The van der Waals surface area contributed by atoms with Crippen LogP contribution in [0.4, 0.5) is 0 Å². The molecule has 0 amide bonds.